The highest BCUT2D eigenvalue weighted by molar-refractivity contribution is 7.80. The van der Waals surface area contributed by atoms with E-state index in [1.807, 2.05) is 36.4 Å². The van der Waals surface area contributed by atoms with Crippen LogP contribution in [0.15, 0.2) is 78.9 Å². The quantitative estimate of drug-likeness (QED) is 0.508. The summed E-state index contributed by atoms with van der Waals surface area (Å²) in [5.74, 6) is -0.437. The van der Waals surface area contributed by atoms with Crippen molar-refractivity contribution in [3.63, 3.8) is 0 Å². The summed E-state index contributed by atoms with van der Waals surface area (Å²) in [6.45, 7) is 0.517. The molecule has 2 amide bonds. The molecular weight excluding hydrogens is 442 g/mol. The maximum Gasteiger partial charge on any atom is 0.253 e. The van der Waals surface area contributed by atoms with Gasteiger partial charge in [-0.3, -0.25) is 9.59 Å². The van der Waals surface area contributed by atoms with Gasteiger partial charge in [-0.2, -0.15) is 0 Å². The number of para-hydroxylation sites is 1. The van der Waals surface area contributed by atoms with Gasteiger partial charge in [0.1, 0.15) is 0 Å². The van der Waals surface area contributed by atoms with Crippen molar-refractivity contribution in [2.75, 3.05) is 18.5 Å². The summed E-state index contributed by atoms with van der Waals surface area (Å²) in [5, 5.41) is 6.51. The fourth-order valence-corrected chi connectivity index (χ4v) is 3.50. The number of halogens is 1. The molecule has 0 aliphatic rings. The van der Waals surface area contributed by atoms with E-state index in [1.54, 1.807) is 54.4 Å². The van der Waals surface area contributed by atoms with E-state index in [0.717, 1.165) is 17.5 Å². The lowest BCUT2D eigenvalue weighted by molar-refractivity contribution is -0.119. The number of nitrogens with zero attached hydrogens (tertiary/aromatic N) is 1. The van der Waals surface area contributed by atoms with Gasteiger partial charge in [0.05, 0.1) is 17.7 Å². The van der Waals surface area contributed by atoms with Crippen LogP contribution in [-0.2, 0) is 17.6 Å². The van der Waals surface area contributed by atoms with Crippen LogP contribution in [0.1, 0.15) is 21.5 Å². The zero-order valence-corrected chi connectivity index (χ0v) is 19.2. The molecule has 0 radical (unpaired) electrons. The Morgan fingerprint density at radius 2 is 1.56 bits per heavy atom. The first-order chi connectivity index (χ1) is 15.4. The molecule has 3 aromatic rings. The van der Waals surface area contributed by atoms with E-state index < -0.39 is 0 Å². The number of benzene rings is 3. The first-order valence-electron chi connectivity index (χ1n) is 10.2. The first-order valence-corrected chi connectivity index (χ1v) is 11.0. The van der Waals surface area contributed by atoms with E-state index in [1.165, 1.54) is 0 Å². The van der Waals surface area contributed by atoms with Crippen molar-refractivity contribution in [2.24, 2.45) is 0 Å². The van der Waals surface area contributed by atoms with Crippen LogP contribution in [0.4, 0.5) is 5.69 Å². The van der Waals surface area contributed by atoms with Crippen LogP contribution in [0.25, 0.3) is 0 Å². The minimum Gasteiger partial charge on any atom is -0.352 e. The lowest BCUT2D eigenvalue weighted by Crippen LogP contribution is -2.42. The van der Waals surface area contributed by atoms with Gasteiger partial charge in [0.2, 0.25) is 5.91 Å². The number of hydrogen-bond donors (Lipinski definition) is 2. The topological polar surface area (TPSA) is 61.4 Å². The van der Waals surface area contributed by atoms with Crippen LogP contribution in [0, 0.1) is 0 Å². The van der Waals surface area contributed by atoms with Crippen LogP contribution in [-0.4, -0.2) is 30.5 Å². The molecule has 164 valence electrons. The van der Waals surface area contributed by atoms with Gasteiger partial charge in [-0.1, -0.05) is 66.2 Å². The molecule has 0 bridgehead atoms. The molecule has 0 atom stereocenters. The van der Waals surface area contributed by atoms with Gasteiger partial charge in [-0.05, 0) is 54.0 Å². The smallest absolute Gasteiger partial charge is 0.253 e. The third kappa shape index (κ3) is 6.64. The fourth-order valence-electron chi connectivity index (χ4n) is 3.16. The minimum atomic E-state index is -0.242. The Hall–Kier alpha value is -3.22. The number of carbonyl (C=O) groups is 2. The molecular formula is C25H24ClN3O2S. The molecule has 0 heterocycles. The summed E-state index contributed by atoms with van der Waals surface area (Å²) in [7, 11) is 1.72. The minimum absolute atomic E-state index is 0.173. The highest BCUT2D eigenvalue weighted by atomic mass is 35.5. The molecule has 3 rings (SSSR count). The summed E-state index contributed by atoms with van der Waals surface area (Å²) in [6, 6.07) is 24.2. The van der Waals surface area contributed by atoms with Crippen LogP contribution in [0.3, 0.4) is 0 Å². The number of rotatable bonds is 7. The highest BCUT2D eigenvalue weighted by Gasteiger charge is 2.17. The van der Waals surface area contributed by atoms with Crippen LogP contribution in [0.2, 0.25) is 5.02 Å². The summed E-state index contributed by atoms with van der Waals surface area (Å²) >= 11 is 11.3. The molecule has 3 aromatic carbocycles. The Balaban J connectivity index is 1.60. The van der Waals surface area contributed by atoms with Gasteiger partial charge in [0, 0.05) is 18.6 Å². The number of carbonyl (C=O) groups excluding carboxylic acids is 2. The summed E-state index contributed by atoms with van der Waals surface area (Å²) in [6.07, 6.45) is 0.913. The van der Waals surface area contributed by atoms with Crippen molar-refractivity contribution in [3.8, 4) is 0 Å². The van der Waals surface area contributed by atoms with Gasteiger partial charge >= 0.3 is 0 Å². The molecule has 0 aliphatic carbocycles. The second-order valence-electron chi connectivity index (χ2n) is 7.22. The zero-order chi connectivity index (χ0) is 22.9. The third-order valence-corrected chi connectivity index (χ3v) is 5.51. The molecule has 0 saturated heterocycles. The summed E-state index contributed by atoms with van der Waals surface area (Å²) < 4.78 is 0. The van der Waals surface area contributed by atoms with Crippen molar-refractivity contribution in [3.05, 3.63) is 101 Å². The highest BCUT2D eigenvalue weighted by Crippen LogP contribution is 2.19. The van der Waals surface area contributed by atoms with Gasteiger partial charge in [0.15, 0.2) is 5.11 Å². The molecule has 0 aliphatic heterocycles. The first kappa shape index (κ1) is 23.4. The fraction of sp³-hybridized carbons (Fsp3) is 0.160. The molecule has 32 heavy (non-hydrogen) atoms. The molecule has 0 fully saturated rings. The van der Waals surface area contributed by atoms with Crippen molar-refractivity contribution < 1.29 is 9.59 Å². The number of nitrogens with one attached hydrogen (secondary N) is 2. The maximum absolute atomic E-state index is 12.8. The lowest BCUT2D eigenvalue weighted by Gasteiger charge is -2.23. The van der Waals surface area contributed by atoms with Crippen molar-refractivity contribution in [1.82, 2.24) is 10.6 Å². The largest absolute Gasteiger partial charge is 0.352 e. The molecule has 0 spiro atoms. The van der Waals surface area contributed by atoms with Crippen LogP contribution in [0.5, 0.6) is 0 Å². The van der Waals surface area contributed by atoms with Gasteiger partial charge in [-0.15, -0.1) is 0 Å². The second-order valence-corrected chi connectivity index (χ2v) is 8.05. The monoisotopic (exact) mass is 465 g/mol. The average molecular weight is 466 g/mol. The summed E-state index contributed by atoms with van der Waals surface area (Å²) in [4.78, 5) is 26.8. The molecule has 0 aromatic heterocycles. The number of amides is 2. The van der Waals surface area contributed by atoms with Gasteiger partial charge in [0.25, 0.3) is 5.91 Å². The summed E-state index contributed by atoms with van der Waals surface area (Å²) in [5.41, 5.74) is 3.08. The molecule has 0 saturated carbocycles. The Labute approximate surface area is 198 Å². The SMILES string of the molecule is CN(C(=S)NC(=O)Cc1ccc(Cl)cc1)c1ccccc1C(=O)NCCc1ccccc1. The Morgan fingerprint density at radius 1 is 0.906 bits per heavy atom. The van der Waals surface area contributed by atoms with E-state index in [4.69, 9.17) is 23.8 Å². The van der Waals surface area contributed by atoms with Crippen molar-refractivity contribution in [1.29, 1.82) is 0 Å². The Morgan fingerprint density at radius 3 is 2.28 bits per heavy atom. The van der Waals surface area contributed by atoms with Gasteiger partial charge in [-0.25, -0.2) is 0 Å². The van der Waals surface area contributed by atoms with Crippen LogP contribution >= 0.6 is 23.8 Å². The second kappa shape index (κ2) is 11.4. The predicted molar refractivity (Wildman–Crippen MR) is 133 cm³/mol. The average Bonchev–Trinajstić information content (AvgIpc) is 2.80. The van der Waals surface area contributed by atoms with E-state index >= 15 is 0 Å². The standard InChI is InChI=1S/C25H24ClN3O2S/c1-29(25(32)28-23(30)17-19-11-13-20(26)14-12-19)22-10-6-5-9-21(22)24(31)27-16-15-18-7-3-2-4-8-18/h2-14H,15-17H2,1H3,(H,27,31)(H,28,30,32). The number of hydrogen-bond acceptors (Lipinski definition) is 3. The maximum atomic E-state index is 12.8. The van der Waals surface area contributed by atoms with E-state index in [0.29, 0.717) is 22.8 Å². The zero-order valence-electron chi connectivity index (χ0n) is 17.7. The van der Waals surface area contributed by atoms with Gasteiger partial charge < -0.3 is 15.5 Å². The third-order valence-electron chi connectivity index (χ3n) is 4.88. The molecule has 0 unspecified atom stereocenters. The molecule has 7 heteroatoms. The molecule has 5 nitrogen and oxygen atoms in total. The number of thiocarbonyl (C=S) groups is 1. The van der Waals surface area contributed by atoms with Crippen molar-refractivity contribution >= 4 is 46.4 Å². The van der Waals surface area contributed by atoms with E-state index in [9.17, 15) is 9.59 Å². The number of anilines is 1. The normalized spacial score (nSPS) is 10.3. The lowest BCUT2D eigenvalue weighted by atomic mass is 10.1. The van der Waals surface area contributed by atoms with Crippen LogP contribution < -0.4 is 15.5 Å². The molecule has 2 N–H and O–H groups in total. The van der Waals surface area contributed by atoms with E-state index in [2.05, 4.69) is 10.6 Å². The van der Waals surface area contributed by atoms with E-state index in [-0.39, 0.29) is 23.3 Å². The Bertz CT molecular complexity index is 1090. The van der Waals surface area contributed by atoms with Crippen molar-refractivity contribution in [2.45, 2.75) is 12.8 Å². The Kier molecular flexibility index (Phi) is 8.36. The predicted octanol–water partition coefficient (Wildman–Crippen LogP) is 4.39.